The number of hydrogen-bond donors (Lipinski definition) is 2. The van der Waals surface area contributed by atoms with Crippen LogP contribution in [0.1, 0.15) is 0 Å². The first kappa shape index (κ1) is 7.09. The molecular formula is C6H5BFO2. The lowest BCUT2D eigenvalue weighted by Crippen LogP contribution is -2.17. The Morgan fingerprint density at radius 2 is 2.10 bits per heavy atom. The molecule has 0 saturated carbocycles. The Balaban J connectivity index is 3.17. The summed E-state index contributed by atoms with van der Waals surface area (Å²) >= 11 is 0. The zero-order valence-electron chi connectivity index (χ0n) is 5.08. The molecule has 4 heteroatoms. The van der Waals surface area contributed by atoms with Gasteiger partial charge in [-0.1, -0.05) is 6.07 Å². The molecule has 2 N–H and O–H groups in total. The number of benzene rings is 1. The van der Waals surface area contributed by atoms with Crippen LogP contribution in [0.3, 0.4) is 0 Å². The highest BCUT2D eigenvalue weighted by Gasteiger charge is 2.06. The number of phenolic OH excluding ortho intramolecular Hbond substituents is 1. The molecule has 2 nitrogen and oxygen atoms in total. The molecule has 1 aromatic rings. The van der Waals surface area contributed by atoms with E-state index in [1.165, 1.54) is 12.1 Å². The predicted octanol–water partition coefficient (Wildman–Crippen LogP) is -0.232. The largest absolute Gasteiger partial charge is 0.508 e. The third kappa shape index (κ3) is 1.11. The van der Waals surface area contributed by atoms with Crippen LogP contribution in [0, 0.1) is 5.82 Å². The average molecular weight is 139 g/mol. The van der Waals surface area contributed by atoms with Gasteiger partial charge < -0.3 is 10.1 Å². The average Bonchev–Trinajstić information content (AvgIpc) is 1.88. The third-order valence-electron chi connectivity index (χ3n) is 1.16. The van der Waals surface area contributed by atoms with Gasteiger partial charge in [-0.3, -0.25) is 0 Å². The smallest absolute Gasteiger partial charge is 0.333 e. The number of hydrogen-bond acceptors (Lipinski definition) is 2. The lowest BCUT2D eigenvalue weighted by Gasteiger charge is -1.98. The Hall–Kier alpha value is -1.03. The first-order chi connectivity index (χ1) is 4.75. The second-order valence-corrected chi connectivity index (χ2v) is 1.80. The van der Waals surface area contributed by atoms with Crippen molar-refractivity contribution in [3.63, 3.8) is 0 Å². The third-order valence-corrected chi connectivity index (χ3v) is 1.16. The van der Waals surface area contributed by atoms with E-state index >= 15 is 0 Å². The minimum Gasteiger partial charge on any atom is -0.508 e. The van der Waals surface area contributed by atoms with E-state index in [1.807, 2.05) is 0 Å². The summed E-state index contributed by atoms with van der Waals surface area (Å²) in [4.78, 5) is 0. The summed E-state index contributed by atoms with van der Waals surface area (Å²) in [5, 5.41) is 17.2. The van der Waals surface area contributed by atoms with Crippen molar-refractivity contribution >= 4 is 12.9 Å². The van der Waals surface area contributed by atoms with Gasteiger partial charge in [0.25, 0.3) is 0 Å². The van der Waals surface area contributed by atoms with E-state index in [9.17, 15) is 4.39 Å². The van der Waals surface area contributed by atoms with Crippen molar-refractivity contribution < 1.29 is 14.5 Å². The topological polar surface area (TPSA) is 40.5 Å². The van der Waals surface area contributed by atoms with Crippen molar-refractivity contribution in [2.24, 2.45) is 0 Å². The van der Waals surface area contributed by atoms with Crippen molar-refractivity contribution in [2.45, 2.75) is 0 Å². The monoisotopic (exact) mass is 139 g/mol. The summed E-state index contributed by atoms with van der Waals surface area (Å²) in [5.74, 6) is -0.898. The van der Waals surface area contributed by atoms with Crippen molar-refractivity contribution in [2.75, 3.05) is 0 Å². The lowest BCUT2D eigenvalue weighted by molar-refractivity contribution is 0.473. The van der Waals surface area contributed by atoms with Gasteiger partial charge in [0, 0.05) is 5.46 Å². The van der Waals surface area contributed by atoms with Crippen molar-refractivity contribution in [1.29, 1.82) is 0 Å². The summed E-state index contributed by atoms with van der Waals surface area (Å²) in [6, 6.07) is 3.81. The first-order valence-electron chi connectivity index (χ1n) is 2.70. The molecule has 0 amide bonds. The van der Waals surface area contributed by atoms with Crippen LogP contribution < -0.4 is 5.46 Å². The number of rotatable bonds is 1. The number of halogens is 1. The normalized spacial score (nSPS) is 9.40. The second kappa shape index (κ2) is 2.71. The molecule has 0 aliphatic heterocycles. The van der Waals surface area contributed by atoms with Crippen LogP contribution in [-0.4, -0.2) is 17.6 Å². The van der Waals surface area contributed by atoms with Gasteiger partial charge in [0.15, 0.2) is 0 Å². The Kier molecular flexibility index (Phi) is 1.92. The highest BCUT2D eigenvalue weighted by atomic mass is 19.1. The zero-order valence-corrected chi connectivity index (χ0v) is 5.08. The highest BCUT2D eigenvalue weighted by molar-refractivity contribution is 6.47. The highest BCUT2D eigenvalue weighted by Crippen LogP contribution is 2.04. The van der Waals surface area contributed by atoms with Crippen LogP contribution in [0.15, 0.2) is 18.2 Å². The zero-order chi connectivity index (χ0) is 7.56. The molecule has 10 heavy (non-hydrogen) atoms. The van der Waals surface area contributed by atoms with Crippen LogP contribution in [0.4, 0.5) is 4.39 Å². The summed E-state index contributed by atoms with van der Waals surface area (Å²) in [6.07, 6.45) is 0. The summed E-state index contributed by atoms with van der Waals surface area (Å²) < 4.78 is 12.5. The SMILES string of the molecule is O[B]c1c(O)cccc1F. The van der Waals surface area contributed by atoms with Gasteiger partial charge in [-0.25, -0.2) is 4.39 Å². The standard InChI is InChI=1S/C6H5BFO2/c8-4-2-1-3-5(9)6(4)7-10/h1-3,9-10H. The van der Waals surface area contributed by atoms with E-state index < -0.39 is 5.82 Å². The van der Waals surface area contributed by atoms with Crippen molar-refractivity contribution in [3.05, 3.63) is 24.0 Å². The fourth-order valence-corrected chi connectivity index (χ4v) is 0.653. The molecule has 51 valence electrons. The van der Waals surface area contributed by atoms with E-state index in [-0.39, 0.29) is 11.2 Å². The molecule has 0 atom stereocenters. The molecular weight excluding hydrogens is 134 g/mol. The van der Waals surface area contributed by atoms with E-state index in [0.29, 0.717) is 7.48 Å². The maximum absolute atomic E-state index is 12.5. The molecule has 0 unspecified atom stereocenters. The molecule has 0 bridgehead atoms. The molecule has 0 aromatic heterocycles. The molecule has 1 aromatic carbocycles. The van der Waals surface area contributed by atoms with Crippen LogP contribution >= 0.6 is 0 Å². The summed E-state index contributed by atoms with van der Waals surface area (Å²) in [5.41, 5.74) is -0.178. The maximum Gasteiger partial charge on any atom is 0.333 e. The first-order valence-corrected chi connectivity index (χ1v) is 2.70. The van der Waals surface area contributed by atoms with Gasteiger partial charge in [0.1, 0.15) is 11.6 Å². The summed E-state index contributed by atoms with van der Waals surface area (Å²) in [6.45, 7) is 0. The van der Waals surface area contributed by atoms with Crippen molar-refractivity contribution in [1.82, 2.24) is 0 Å². The molecule has 1 rings (SSSR count). The molecule has 0 aliphatic carbocycles. The quantitative estimate of drug-likeness (QED) is 0.527. The maximum atomic E-state index is 12.5. The Labute approximate surface area is 58.2 Å². The van der Waals surface area contributed by atoms with Gasteiger partial charge >= 0.3 is 7.48 Å². The van der Waals surface area contributed by atoms with Crippen molar-refractivity contribution in [3.8, 4) is 5.75 Å². The van der Waals surface area contributed by atoms with Crippen LogP contribution in [-0.2, 0) is 0 Å². The van der Waals surface area contributed by atoms with Gasteiger partial charge in [-0.2, -0.15) is 0 Å². The number of aromatic hydroxyl groups is 1. The van der Waals surface area contributed by atoms with E-state index in [1.54, 1.807) is 0 Å². The Morgan fingerprint density at radius 1 is 1.40 bits per heavy atom. The van der Waals surface area contributed by atoms with Gasteiger partial charge in [0.2, 0.25) is 0 Å². The van der Waals surface area contributed by atoms with Crippen LogP contribution in [0.25, 0.3) is 0 Å². The van der Waals surface area contributed by atoms with Gasteiger partial charge in [-0.05, 0) is 12.1 Å². The predicted molar refractivity (Wildman–Crippen MR) is 35.7 cm³/mol. The molecule has 1 radical (unpaired) electrons. The fraction of sp³-hybridized carbons (Fsp3) is 0. The molecule has 0 spiro atoms. The molecule has 0 fully saturated rings. The van der Waals surface area contributed by atoms with Crippen LogP contribution in [0.5, 0.6) is 5.75 Å². The molecule has 0 aliphatic rings. The van der Waals surface area contributed by atoms with E-state index in [2.05, 4.69) is 0 Å². The minimum absolute atomic E-state index is 0.178. The second-order valence-electron chi connectivity index (χ2n) is 1.80. The van der Waals surface area contributed by atoms with Gasteiger partial charge in [-0.15, -0.1) is 0 Å². The Morgan fingerprint density at radius 3 is 2.50 bits per heavy atom. The fourth-order valence-electron chi connectivity index (χ4n) is 0.653. The molecule has 0 saturated heterocycles. The number of phenols is 1. The summed E-state index contributed by atoms with van der Waals surface area (Å²) in [7, 11) is 0.532. The minimum atomic E-state index is -0.637. The van der Waals surface area contributed by atoms with E-state index in [0.717, 1.165) is 6.07 Å². The van der Waals surface area contributed by atoms with Crippen LogP contribution in [0.2, 0.25) is 0 Å². The Bertz CT molecular complexity index is 219. The lowest BCUT2D eigenvalue weighted by atomic mass is 9.87. The molecule has 0 heterocycles. The van der Waals surface area contributed by atoms with E-state index in [4.69, 9.17) is 10.1 Å². The van der Waals surface area contributed by atoms with Gasteiger partial charge in [0.05, 0.1) is 0 Å².